The zero-order chi connectivity index (χ0) is 17.3. The molecule has 0 aromatic heterocycles. The summed E-state index contributed by atoms with van der Waals surface area (Å²) in [7, 11) is 1.83. The second-order valence-electron chi connectivity index (χ2n) is 6.30. The van der Waals surface area contributed by atoms with E-state index in [1.165, 1.54) is 0 Å². The Bertz CT molecular complexity index is 820. The maximum Gasteiger partial charge on any atom is 0.172 e. The van der Waals surface area contributed by atoms with Crippen molar-refractivity contribution < 1.29 is 9.59 Å². The largest absolute Gasteiger partial charge is 0.388 e. The van der Waals surface area contributed by atoms with Crippen LogP contribution in [0.15, 0.2) is 48.4 Å². The highest BCUT2D eigenvalue weighted by atomic mass is 16.1. The van der Waals surface area contributed by atoms with Crippen molar-refractivity contribution >= 4 is 22.8 Å². The van der Waals surface area contributed by atoms with E-state index in [0.717, 1.165) is 28.8 Å². The molecule has 3 heteroatoms. The zero-order valence-electron chi connectivity index (χ0n) is 13.9. The number of nitrogens with one attached hydrogen (secondary N) is 1. The Morgan fingerprint density at radius 2 is 1.92 bits per heavy atom. The lowest BCUT2D eigenvalue weighted by molar-refractivity contribution is -0.123. The molecular formula is C21H21NO2. The molecule has 0 spiro atoms. The fourth-order valence-electron chi connectivity index (χ4n) is 3.90. The van der Waals surface area contributed by atoms with E-state index in [2.05, 4.69) is 29.9 Å². The Labute approximate surface area is 142 Å². The van der Waals surface area contributed by atoms with Gasteiger partial charge in [0.1, 0.15) is 5.78 Å². The van der Waals surface area contributed by atoms with Crippen molar-refractivity contribution in [3.05, 3.63) is 59.5 Å². The first-order chi connectivity index (χ1) is 11.6. The lowest BCUT2D eigenvalue weighted by Crippen LogP contribution is -2.26. The van der Waals surface area contributed by atoms with Crippen molar-refractivity contribution in [3.8, 4) is 0 Å². The molecule has 3 rings (SSSR count). The quantitative estimate of drug-likeness (QED) is 0.657. The molecule has 0 bridgehead atoms. The summed E-state index contributed by atoms with van der Waals surface area (Å²) in [5.41, 5.74) is 10.1. The summed E-state index contributed by atoms with van der Waals surface area (Å²) in [6.07, 6.45) is 2.57. The van der Waals surface area contributed by atoms with Crippen LogP contribution in [0.3, 0.4) is 0 Å². The van der Waals surface area contributed by atoms with Crippen molar-refractivity contribution in [2.24, 2.45) is 11.8 Å². The predicted octanol–water partition coefficient (Wildman–Crippen LogP) is 4.18. The van der Waals surface area contributed by atoms with Crippen molar-refractivity contribution in [2.45, 2.75) is 25.7 Å². The molecule has 122 valence electrons. The van der Waals surface area contributed by atoms with Crippen LogP contribution < -0.4 is 5.32 Å². The molecule has 24 heavy (non-hydrogen) atoms. The van der Waals surface area contributed by atoms with Crippen LogP contribution in [0.4, 0.5) is 5.69 Å². The molecule has 2 unspecified atom stereocenters. The van der Waals surface area contributed by atoms with Gasteiger partial charge in [-0.2, -0.15) is 0 Å². The highest BCUT2D eigenvalue weighted by molar-refractivity contribution is 6.17. The molecule has 0 saturated heterocycles. The maximum atomic E-state index is 13.0. The van der Waals surface area contributed by atoms with Gasteiger partial charge in [0.05, 0.1) is 5.92 Å². The summed E-state index contributed by atoms with van der Waals surface area (Å²) >= 11 is 0. The van der Waals surface area contributed by atoms with Gasteiger partial charge in [-0.05, 0) is 30.9 Å². The number of allylic oxidation sites excluding steroid dienone is 2. The fraction of sp³-hybridized carbons (Fsp3) is 0.333. The third-order valence-corrected chi connectivity index (χ3v) is 5.15. The Morgan fingerprint density at radius 3 is 2.58 bits per heavy atom. The van der Waals surface area contributed by atoms with Gasteiger partial charge in [-0.1, -0.05) is 25.3 Å². The van der Waals surface area contributed by atoms with Gasteiger partial charge in [-0.3, -0.25) is 9.59 Å². The molecule has 1 aromatic carbocycles. The first kappa shape index (κ1) is 16.3. The van der Waals surface area contributed by atoms with E-state index in [1.807, 2.05) is 25.2 Å². The van der Waals surface area contributed by atoms with Crippen LogP contribution in [0.5, 0.6) is 0 Å². The fourth-order valence-corrected chi connectivity index (χ4v) is 3.90. The number of hydrogen-bond acceptors (Lipinski definition) is 3. The molecule has 1 fully saturated rings. The summed E-state index contributed by atoms with van der Waals surface area (Å²) in [5, 5.41) is 3.13. The van der Waals surface area contributed by atoms with E-state index in [0.29, 0.717) is 24.8 Å². The molecule has 1 aromatic rings. The molecule has 2 atom stereocenters. The van der Waals surface area contributed by atoms with Gasteiger partial charge in [0.15, 0.2) is 5.78 Å². The van der Waals surface area contributed by atoms with Crippen LogP contribution in [0, 0.1) is 11.8 Å². The van der Waals surface area contributed by atoms with Crippen LogP contribution >= 0.6 is 0 Å². The zero-order valence-corrected chi connectivity index (χ0v) is 13.9. The number of rotatable bonds is 2. The Kier molecular flexibility index (Phi) is 4.40. The van der Waals surface area contributed by atoms with E-state index >= 15 is 0 Å². The smallest absolute Gasteiger partial charge is 0.172 e. The van der Waals surface area contributed by atoms with Gasteiger partial charge in [-0.15, -0.1) is 11.5 Å². The third-order valence-electron chi connectivity index (χ3n) is 5.15. The number of hydrogen-bond donors (Lipinski definition) is 1. The highest BCUT2D eigenvalue weighted by Gasteiger charge is 2.44. The average molecular weight is 319 g/mol. The number of fused-ring (bicyclic) bond motifs is 1. The van der Waals surface area contributed by atoms with Gasteiger partial charge in [-0.25, -0.2) is 0 Å². The minimum atomic E-state index is -0.469. The molecule has 1 saturated carbocycles. The highest BCUT2D eigenvalue weighted by Crippen LogP contribution is 2.46. The first-order valence-electron chi connectivity index (χ1n) is 8.28. The second kappa shape index (κ2) is 6.49. The average Bonchev–Trinajstić information content (AvgIpc) is 2.76. The van der Waals surface area contributed by atoms with Gasteiger partial charge in [0.2, 0.25) is 0 Å². The lowest BCUT2D eigenvalue weighted by Gasteiger charge is -2.20. The summed E-state index contributed by atoms with van der Waals surface area (Å²) in [5.74, 6) is -0.629. The Morgan fingerprint density at radius 1 is 1.12 bits per heavy atom. The van der Waals surface area contributed by atoms with Crippen molar-refractivity contribution in [1.29, 1.82) is 0 Å². The Balaban J connectivity index is 2.06. The van der Waals surface area contributed by atoms with E-state index in [1.54, 1.807) is 0 Å². The number of ketones is 2. The van der Waals surface area contributed by atoms with E-state index in [4.69, 9.17) is 0 Å². The Hall–Kier alpha value is -2.60. The number of carbonyl (C=O) groups is 2. The number of anilines is 1. The number of carbonyl (C=O) groups excluding carboxylic acids is 2. The number of Topliss-reactive ketones (excluding diaryl/α,β-unsaturated/α-hetero) is 2. The minimum Gasteiger partial charge on any atom is -0.388 e. The van der Waals surface area contributed by atoms with Crippen LogP contribution in [0.25, 0.3) is 5.57 Å². The maximum absolute atomic E-state index is 13.0. The summed E-state index contributed by atoms with van der Waals surface area (Å²) in [6, 6.07) is 5.62. The van der Waals surface area contributed by atoms with Crippen molar-refractivity contribution in [3.63, 3.8) is 0 Å². The van der Waals surface area contributed by atoms with Crippen LogP contribution in [-0.4, -0.2) is 18.6 Å². The topological polar surface area (TPSA) is 46.2 Å². The minimum absolute atomic E-state index is 0.0117. The van der Waals surface area contributed by atoms with Gasteiger partial charge >= 0.3 is 0 Å². The van der Waals surface area contributed by atoms with Crippen molar-refractivity contribution in [1.82, 2.24) is 0 Å². The molecule has 0 radical (unpaired) electrons. The summed E-state index contributed by atoms with van der Waals surface area (Å²) in [4.78, 5) is 25.7. The predicted molar refractivity (Wildman–Crippen MR) is 96.0 cm³/mol. The van der Waals surface area contributed by atoms with Crippen LogP contribution in [0.2, 0.25) is 0 Å². The van der Waals surface area contributed by atoms with Crippen LogP contribution in [-0.2, 0) is 4.79 Å². The molecule has 3 nitrogen and oxygen atoms in total. The lowest BCUT2D eigenvalue weighted by atomic mass is 9.80. The standard InChI is InChI=1S/C21H21NO2/c1-4-13-9-11-15(18(23)12-10-13)20-14(5-2)19-16(21(20)24)7-6-8-17(19)22-3/h6-8,15,20,22H,1-2,9-12H2,3H3. The molecule has 0 aliphatic heterocycles. The first-order valence-corrected chi connectivity index (χ1v) is 8.28. The third kappa shape index (κ3) is 2.49. The van der Waals surface area contributed by atoms with Gasteiger partial charge in [0.25, 0.3) is 0 Å². The molecule has 1 N–H and O–H groups in total. The molecule has 0 heterocycles. The SMILES string of the molecule is C=C=C1CCC(=O)C(C2C(=O)c3cccc(NC)c3C2=C=C)CC1. The second-order valence-corrected chi connectivity index (χ2v) is 6.30. The van der Waals surface area contributed by atoms with E-state index < -0.39 is 5.92 Å². The number of benzene rings is 1. The van der Waals surface area contributed by atoms with Gasteiger partial charge in [0, 0.05) is 41.8 Å². The molecule has 0 amide bonds. The van der Waals surface area contributed by atoms with E-state index in [-0.39, 0.29) is 17.5 Å². The van der Waals surface area contributed by atoms with Crippen LogP contribution in [0.1, 0.15) is 41.6 Å². The molecular weight excluding hydrogens is 298 g/mol. The van der Waals surface area contributed by atoms with Crippen molar-refractivity contribution in [2.75, 3.05) is 12.4 Å². The molecule has 2 aliphatic carbocycles. The molecule has 2 aliphatic rings. The normalized spacial score (nSPS) is 23.4. The summed E-state index contributed by atoms with van der Waals surface area (Å²) in [6.45, 7) is 7.49. The summed E-state index contributed by atoms with van der Waals surface area (Å²) < 4.78 is 0. The monoisotopic (exact) mass is 319 g/mol. The van der Waals surface area contributed by atoms with Gasteiger partial charge < -0.3 is 5.32 Å². The van der Waals surface area contributed by atoms with E-state index in [9.17, 15) is 9.59 Å².